The van der Waals surface area contributed by atoms with Crippen molar-refractivity contribution in [1.82, 2.24) is 20.1 Å². The quantitative estimate of drug-likeness (QED) is 0.683. The fraction of sp³-hybridized carbons (Fsp3) is 0.211. The largest absolute Gasteiger partial charge is 0.347 e. The number of carbonyl (C=O) groups is 1. The third-order valence-electron chi connectivity index (χ3n) is 4.57. The van der Waals surface area contributed by atoms with Gasteiger partial charge in [-0.05, 0) is 36.8 Å². The van der Waals surface area contributed by atoms with E-state index in [1.807, 2.05) is 0 Å². The molecule has 1 aromatic heterocycles. The van der Waals surface area contributed by atoms with Crippen molar-refractivity contribution in [2.75, 3.05) is 4.72 Å². The van der Waals surface area contributed by atoms with Gasteiger partial charge in [0.2, 0.25) is 0 Å². The van der Waals surface area contributed by atoms with Crippen LogP contribution < -0.4 is 10.0 Å². The van der Waals surface area contributed by atoms with E-state index in [1.54, 1.807) is 41.1 Å². The predicted octanol–water partition coefficient (Wildman–Crippen LogP) is 1.82. The van der Waals surface area contributed by atoms with Gasteiger partial charge < -0.3 is 5.32 Å². The van der Waals surface area contributed by atoms with Crippen molar-refractivity contribution in [2.45, 2.75) is 30.3 Å². The average Bonchev–Trinajstić information content (AvgIpc) is 3.16. The topological polar surface area (TPSA) is 106 Å². The summed E-state index contributed by atoms with van der Waals surface area (Å²) in [6.45, 7) is 0.571. The predicted molar refractivity (Wildman–Crippen MR) is 103 cm³/mol. The van der Waals surface area contributed by atoms with Gasteiger partial charge in [-0.3, -0.25) is 9.52 Å². The van der Waals surface area contributed by atoms with Gasteiger partial charge in [-0.1, -0.05) is 24.3 Å². The van der Waals surface area contributed by atoms with E-state index in [0.29, 0.717) is 17.8 Å². The molecule has 2 N–H and O–H groups in total. The van der Waals surface area contributed by atoms with Crippen LogP contribution in [0.5, 0.6) is 0 Å². The van der Waals surface area contributed by atoms with E-state index >= 15 is 0 Å². The van der Waals surface area contributed by atoms with E-state index in [-0.39, 0.29) is 16.8 Å². The zero-order valence-corrected chi connectivity index (χ0v) is 15.8. The summed E-state index contributed by atoms with van der Waals surface area (Å²) < 4.78 is 29.2. The zero-order chi connectivity index (χ0) is 19.6. The number of amides is 1. The fourth-order valence-corrected chi connectivity index (χ4v) is 4.23. The summed E-state index contributed by atoms with van der Waals surface area (Å²) >= 11 is 0. The Morgan fingerprint density at radius 3 is 2.75 bits per heavy atom. The molecule has 0 aliphatic carbocycles. The highest BCUT2D eigenvalue weighted by molar-refractivity contribution is 7.92. The first-order valence-electron chi connectivity index (χ1n) is 8.87. The lowest BCUT2D eigenvalue weighted by Crippen LogP contribution is -2.41. The highest BCUT2D eigenvalue weighted by Crippen LogP contribution is 2.18. The summed E-state index contributed by atoms with van der Waals surface area (Å²) in [6.07, 6.45) is 3.05. The van der Waals surface area contributed by atoms with Gasteiger partial charge in [-0.15, -0.1) is 0 Å². The molecule has 1 aliphatic heterocycles. The van der Waals surface area contributed by atoms with Crippen molar-refractivity contribution in [3.05, 3.63) is 72.3 Å². The van der Waals surface area contributed by atoms with Gasteiger partial charge in [0.15, 0.2) is 0 Å². The van der Waals surface area contributed by atoms with E-state index in [2.05, 4.69) is 20.1 Å². The first-order valence-corrected chi connectivity index (χ1v) is 10.3. The second-order valence-corrected chi connectivity index (χ2v) is 8.25. The molecular weight excluding hydrogens is 378 g/mol. The van der Waals surface area contributed by atoms with Crippen LogP contribution in [-0.4, -0.2) is 35.1 Å². The highest BCUT2D eigenvalue weighted by atomic mass is 32.2. The number of aromatic nitrogens is 3. The van der Waals surface area contributed by atoms with E-state index in [9.17, 15) is 13.2 Å². The van der Waals surface area contributed by atoms with Crippen molar-refractivity contribution in [1.29, 1.82) is 0 Å². The number of rotatable bonds is 5. The normalized spacial score (nSPS) is 16.2. The molecule has 144 valence electrons. The molecule has 0 fully saturated rings. The Hall–Kier alpha value is -3.20. The summed E-state index contributed by atoms with van der Waals surface area (Å²) in [5, 5.41) is 7.13. The average molecular weight is 397 g/mol. The van der Waals surface area contributed by atoms with Crippen molar-refractivity contribution in [3.8, 4) is 0 Å². The number of carbonyl (C=O) groups excluding carboxylic acids is 1. The Bertz CT molecular complexity index is 1100. The Morgan fingerprint density at radius 2 is 1.93 bits per heavy atom. The van der Waals surface area contributed by atoms with Crippen LogP contribution in [0.4, 0.5) is 5.69 Å². The molecule has 0 saturated carbocycles. The molecule has 8 nitrogen and oxygen atoms in total. The van der Waals surface area contributed by atoms with E-state index in [1.165, 1.54) is 24.5 Å². The summed E-state index contributed by atoms with van der Waals surface area (Å²) in [6, 6.07) is 14.5. The lowest BCUT2D eigenvalue weighted by atomic mass is 10.1. The van der Waals surface area contributed by atoms with Gasteiger partial charge in [-0.2, -0.15) is 5.10 Å². The van der Waals surface area contributed by atoms with Gasteiger partial charge in [-0.25, -0.2) is 18.1 Å². The second kappa shape index (κ2) is 7.43. The maximum Gasteiger partial charge on any atom is 0.261 e. The molecule has 1 amide bonds. The molecule has 4 rings (SSSR count). The molecule has 0 spiro atoms. The minimum absolute atomic E-state index is 0.0497. The van der Waals surface area contributed by atoms with E-state index < -0.39 is 10.0 Å². The van der Waals surface area contributed by atoms with Crippen molar-refractivity contribution in [2.24, 2.45) is 0 Å². The first-order chi connectivity index (χ1) is 13.5. The molecule has 0 bridgehead atoms. The molecule has 2 heterocycles. The summed E-state index contributed by atoms with van der Waals surface area (Å²) in [5.41, 5.74) is 0.719. The lowest BCUT2D eigenvalue weighted by Gasteiger charge is -2.23. The lowest BCUT2D eigenvalue weighted by molar-refractivity contribution is 0.0926. The van der Waals surface area contributed by atoms with Crippen molar-refractivity contribution < 1.29 is 13.2 Å². The number of fused-ring (bicyclic) bond motifs is 1. The number of hydrogen-bond acceptors (Lipinski definition) is 5. The Kier molecular flexibility index (Phi) is 4.82. The van der Waals surface area contributed by atoms with Gasteiger partial charge in [0, 0.05) is 23.7 Å². The van der Waals surface area contributed by atoms with Crippen LogP contribution in [0.2, 0.25) is 0 Å². The van der Waals surface area contributed by atoms with Crippen LogP contribution in [0.3, 0.4) is 0 Å². The molecular formula is C19H19N5O3S. The number of anilines is 1. The Labute approximate surface area is 162 Å². The molecule has 1 unspecified atom stereocenters. The molecule has 2 aromatic carbocycles. The van der Waals surface area contributed by atoms with Gasteiger partial charge in [0.05, 0.1) is 11.4 Å². The molecule has 28 heavy (non-hydrogen) atoms. The van der Waals surface area contributed by atoms with Crippen LogP contribution >= 0.6 is 0 Å². The van der Waals surface area contributed by atoms with Crippen LogP contribution in [0.15, 0.2) is 65.8 Å². The number of sulfonamides is 1. The third-order valence-corrected chi connectivity index (χ3v) is 5.97. The number of hydrogen-bond donors (Lipinski definition) is 2. The molecule has 1 aliphatic rings. The van der Waals surface area contributed by atoms with Crippen LogP contribution in [-0.2, 0) is 23.0 Å². The standard InChI is InChI=1S/C19H19N5O3S/c25-19(22-16-9-10-18-20-13-21-24(18)12-16)14-5-4-6-15(11-14)23-28(26,27)17-7-2-1-3-8-17/h1-8,11,13,16,23H,9-10,12H2,(H,22,25). The number of nitrogens with zero attached hydrogens (tertiary/aromatic N) is 3. The minimum atomic E-state index is -3.71. The third kappa shape index (κ3) is 3.89. The van der Waals surface area contributed by atoms with Crippen LogP contribution in [0.25, 0.3) is 0 Å². The zero-order valence-electron chi connectivity index (χ0n) is 14.9. The minimum Gasteiger partial charge on any atom is -0.347 e. The molecule has 0 saturated heterocycles. The molecule has 1 atom stereocenters. The maximum atomic E-state index is 12.6. The maximum absolute atomic E-state index is 12.6. The summed E-state index contributed by atoms with van der Waals surface area (Å²) in [5.74, 6) is 0.664. The molecule has 0 radical (unpaired) electrons. The van der Waals surface area contributed by atoms with E-state index in [0.717, 1.165) is 18.7 Å². The van der Waals surface area contributed by atoms with Gasteiger partial charge in [0.1, 0.15) is 12.2 Å². The first kappa shape index (κ1) is 18.2. The van der Waals surface area contributed by atoms with E-state index in [4.69, 9.17) is 0 Å². The second-order valence-electron chi connectivity index (χ2n) is 6.57. The highest BCUT2D eigenvalue weighted by Gasteiger charge is 2.22. The monoisotopic (exact) mass is 397 g/mol. The number of benzene rings is 2. The Morgan fingerprint density at radius 1 is 1.11 bits per heavy atom. The van der Waals surface area contributed by atoms with Gasteiger partial charge in [0.25, 0.3) is 15.9 Å². The SMILES string of the molecule is O=C(NC1CCc2ncnn2C1)c1cccc(NS(=O)(=O)c2ccccc2)c1. The Balaban J connectivity index is 1.46. The van der Waals surface area contributed by atoms with Crippen LogP contribution in [0.1, 0.15) is 22.6 Å². The summed E-state index contributed by atoms with van der Waals surface area (Å²) in [7, 11) is -3.71. The van der Waals surface area contributed by atoms with Crippen molar-refractivity contribution in [3.63, 3.8) is 0 Å². The van der Waals surface area contributed by atoms with Crippen molar-refractivity contribution >= 4 is 21.6 Å². The smallest absolute Gasteiger partial charge is 0.261 e. The number of nitrogens with one attached hydrogen (secondary N) is 2. The fourth-order valence-electron chi connectivity index (χ4n) is 3.16. The van der Waals surface area contributed by atoms with Crippen LogP contribution in [0, 0.1) is 0 Å². The molecule has 9 heteroatoms. The summed E-state index contributed by atoms with van der Waals surface area (Å²) in [4.78, 5) is 17.0. The van der Waals surface area contributed by atoms with Gasteiger partial charge >= 0.3 is 0 Å². The number of aryl methyl sites for hydroxylation is 1. The molecule has 3 aromatic rings.